The maximum Gasteiger partial charge on any atom is 0.441 e. The van der Waals surface area contributed by atoms with Gasteiger partial charge in [0.25, 0.3) is 0 Å². The van der Waals surface area contributed by atoms with Gasteiger partial charge in [0.05, 0.1) is 12.2 Å². The number of thioether (sulfide) groups is 1. The third kappa shape index (κ3) is 5.45. The molecular weight excluding hydrogens is 251 g/mol. The highest BCUT2D eigenvalue weighted by Gasteiger charge is 2.27. The van der Waals surface area contributed by atoms with Gasteiger partial charge in [-0.25, -0.2) is 0 Å². The number of nitrogens with one attached hydrogen (secondary N) is 1. The molecule has 3 nitrogen and oxygen atoms in total. The lowest BCUT2D eigenvalue weighted by Gasteiger charge is -2.05. The van der Waals surface area contributed by atoms with E-state index in [0.29, 0.717) is 6.54 Å². The Morgan fingerprint density at radius 3 is 2.76 bits per heavy atom. The first kappa shape index (κ1) is 14.4. The van der Waals surface area contributed by atoms with Gasteiger partial charge >= 0.3 is 5.51 Å². The van der Waals surface area contributed by atoms with Gasteiger partial charge in [-0.1, -0.05) is 6.92 Å². The molecule has 1 aromatic heterocycles. The van der Waals surface area contributed by atoms with E-state index in [0.717, 1.165) is 17.8 Å². The Hall–Kier alpha value is -0.690. The summed E-state index contributed by atoms with van der Waals surface area (Å²) in [5.41, 5.74) is -2.26. The standard InChI is InChI=1S/C10H16F3N3S/c1-3-14-6-9-7-16(15-8(9)2)4-5-17-10(11,12)13/h7,14H,3-6H2,1-2H3. The van der Waals surface area contributed by atoms with Gasteiger partial charge in [0.1, 0.15) is 0 Å². The zero-order valence-corrected chi connectivity index (χ0v) is 10.7. The van der Waals surface area contributed by atoms with Crippen LogP contribution in [-0.2, 0) is 13.1 Å². The monoisotopic (exact) mass is 267 g/mol. The Labute approximate surface area is 103 Å². The van der Waals surface area contributed by atoms with Gasteiger partial charge in [-0.15, -0.1) is 0 Å². The molecular formula is C10H16F3N3S. The zero-order chi connectivity index (χ0) is 12.9. The second kappa shape index (κ2) is 6.30. The fraction of sp³-hybridized carbons (Fsp3) is 0.700. The van der Waals surface area contributed by atoms with Crippen molar-refractivity contribution in [1.82, 2.24) is 15.1 Å². The maximum absolute atomic E-state index is 11.9. The van der Waals surface area contributed by atoms with E-state index in [2.05, 4.69) is 10.4 Å². The summed E-state index contributed by atoms with van der Waals surface area (Å²) in [7, 11) is 0. The molecule has 1 heterocycles. The van der Waals surface area contributed by atoms with E-state index in [9.17, 15) is 13.2 Å². The minimum atomic E-state index is -4.16. The molecule has 0 spiro atoms. The first-order chi connectivity index (χ1) is 7.92. The third-order valence-electron chi connectivity index (χ3n) is 2.20. The van der Waals surface area contributed by atoms with Gasteiger partial charge in [-0.3, -0.25) is 4.68 Å². The van der Waals surface area contributed by atoms with Crippen molar-refractivity contribution >= 4 is 11.8 Å². The van der Waals surface area contributed by atoms with E-state index in [4.69, 9.17) is 0 Å². The minimum absolute atomic E-state index is 0.00866. The highest BCUT2D eigenvalue weighted by atomic mass is 32.2. The summed E-state index contributed by atoms with van der Waals surface area (Å²) in [6.45, 7) is 5.69. The molecule has 0 saturated heterocycles. The third-order valence-corrected chi connectivity index (χ3v) is 2.91. The smallest absolute Gasteiger partial charge is 0.313 e. The Bertz CT molecular complexity index is 349. The number of aromatic nitrogens is 2. The lowest BCUT2D eigenvalue weighted by molar-refractivity contribution is -0.0328. The summed E-state index contributed by atoms with van der Waals surface area (Å²) in [6, 6.07) is 0. The highest BCUT2D eigenvalue weighted by molar-refractivity contribution is 8.00. The lowest BCUT2D eigenvalue weighted by atomic mass is 10.2. The summed E-state index contributed by atoms with van der Waals surface area (Å²) in [6.07, 6.45) is 1.80. The summed E-state index contributed by atoms with van der Waals surface area (Å²) in [4.78, 5) is 0. The second-order valence-corrected chi connectivity index (χ2v) is 4.74. The summed E-state index contributed by atoms with van der Waals surface area (Å²) < 4.78 is 37.4. The number of halogens is 3. The maximum atomic E-state index is 11.9. The lowest BCUT2D eigenvalue weighted by Crippen LogP contribution is -2.11. The van der Waals surface area contributed by atoms with Crippen LogP contribution >= 0.6 is 11.8 Å². The van der Waals surface area contributed by atoms with E-state index >= 15 is 0 Å². The van der Waals surface area contributed by atoms with E-state index in [1.165, 1.54) is 0 Å². The quantitative estimate of drug-likeness (QED) is 0.859. The minimum Gasteiger partial charge on any atom is -0.313 e. The Morgan fingerprint density at radius 2 is 2.18 bits per heavy atom. The van der Waals surface area contributed by atoms with Crippen LogP contribution in [-0.4, -0.2) is 27.6 Å². The molecule has 0 aliphatic heterocycles. The summed E-state index contributed by atoms with van der Waals surface area (Å²) >= 11 is -0.0151. The van der Waals surface area contributed by atoms with Crippen molar-refractivity contribution in [3.05, 3.63) is 17.5 Å². The van der Waals surface area contributed by atoms with Crippen LogP contribution in [0, 0.1) is 6.92 Å². The number of hydrogen-bond donors (Lipinski definition) is 1. The van der Waals surface area contributed by atoms with Gasteiger partial charge in [0.2, 0.25) is 0 Å². The molecule has 0 aromatic carbocycles. The molecule has 0 radical (unpaired) electrons. The molecule has 1 rings (SSSR count). The zero-order valence-electron chi connectivity index (χ0n) is 9.84. The fourth-order valence-electron chi connectivity index (χ4n) is 1.36. The summed E-state index contributed by atoms with van der Waals surface area (Å²) in [5, 5.41) is 7.34. The van der Waals surface area contributed by atoms with Crippen molar-refractivity contribution in [2.75, 3.05) is 12.3 Å². The van der Waals surface area contributed by atoms with E-state index in [1.807, 2.05) is 13.8 Å². The van der Waals surface area contributed by atoms with Crippen molar-refractivity contribution in [1.29, 1.82) is 0 Å². The predicted octanol–water partition coefficient (Wildman–Crippen LogP) is 2.55. The van der Waals surface area contributed by atoms with Gasteiger partial charge in [0.15, 0.2) is 0 Å². The van der Waals surface area contributed by atoms with Crippen LogP contribution in [0.2, 0.25) is 0 Å². The normalized spacial score (nSPS) is 12.1. The Balaban J connectivity index is 2.44. The topological polar surface area (TPSA) is 29.9 Å². The number of nitrogens with zero attached hydrogens (tertiary/aromatic N) is 2. The van der Waals surface area contributed by atoms with Crippen LogP contribution in [0.3, 0.4) is 0 Å². The average Bonchev–Trinajstić information content (AvgIpc) is 2.54. The molecule has 0 fully saturated rings. The molecule has 0 amide bonds. The number of hydrogen-bond acceptors (Lipinski definition) is 3. The molecule has 0 aliphatic carbocycles. The van der Waals surface area contributed by atoms with E-state index < -0.39 is 5.51 Å². The molecule has 1 N–H and O–H groups in total. The molecule has 17 heavy (non-hydrogen) atoms. The Kier molecular flexibility index (Phi) is 5.32. The molecule has 1 aromatic rings. The van der Waals surface area contributed by atoms with Crippen LogP contribution in [0.1, 0.15) is 18.2 Å². The van der Waals surface area contributed by atoms with Crippen LogP contribution in [0.25, 0.3) is 0 Å². The molecule has 0 unspecified atom stereocenters. The van der Waals surface area contributed by atoms with Gasteiger partial charge < -0.3 is 5.32 Å². The van der Waals surface area contributed by atoms with Crippen molar-refractivity contribution < 1.29 is 13.2 Å². The molecule has 0 saturated carbocycles. The van der Waals surface area contributed by atoms with E-state index in [-0.39, 0.29) is 24.1 Å². The van der Waals surface area contributed by atoms with Gasteiger partial charge in [-0.2, -0.15) is 18.3 Å². The molecule has 7 heteroatoms. The predicted molar refractivity (Wildman–Crippen MR) is 62.9 cm³/mol. The van der Waals surface area contributed by atoms with Crippen molar-refractivity contribution in [3.8, 4) is 0 Å². The molecule has 0 bridgehead atoms. The molecule has 0 aliphatic rings. The largest absolute Gasteiger partial charge is 0.441 e. The average molecular weight is 267 g/mol. The second-order valence-electron chi connectivity index (χ2n) is 3.58. The van der Waals surface area contributed by atoms with Crippen LogP contribution in [0.15, 0.2) is 6.20 Å². The van der Waals surface area contributed by atoms with Gasteiger partial charge in [0, 0.05) is 24.1 Å². The first-order valence-electron chi connectivity index (χ1n) is 5.36. The Morgan fingerprint density at radius 1 is 1.47 bits per heavy atom. The highest BCUT2D eigenvalue weighted by Crippen LogP contribution is 2.29. The summed E-state index contributed by atoms with van der Waals surface area (Å²) in [5.74, 6) is -0.00866. The molecule has 0 atom stereocenters. The van der Waals surface area contributed by atoms with Gasteiger partial charge in [-0.05, 0) is 25.2 Å². The van der Waals surface area contributed by atoms with Crippen molar-refractivity contribution in [2.45, 2.75) is 32.4 Å². The first-order valence-corrected chi connectivity index (χ1v) is 6.35. The van der Waals surface area contributed by atoms with Crippen molar-refractivity contribution in [2.24, 2.45) is 0 Å². The number of alkyl halides is 3. The number of rotatable bonds is 6. The SMILES string of the molecule is CCNCc1cn(CCSC(F)(F)F)nc1C. The molecule has 98 valence electrons. The van der Waals surface area contributed by atoms with Crippen LogP contribution in [0.4, 0.5) is 13.2 Å². The van der Waals surface area contributed by atoms with Crippen molar-refractivity contribution in [3.63, 3.8) is 0 Å². The van der Waals surface area contributed by atoms with Crippen LogP contribution in [0.5, 0.6) is 0 Å². The number of aryl methyl sites for hydroxylation is 2. The fourth-order valence-corrected chi connectivity index (χ4v) is 1.87. The van der Waals surface area contributed by atoms with E-state index in [1.54, 1.807) is 10.9 Å². The van der Waals surface area contributed by atoms with Crippen LogP contribution < -0.4 is 5.32 Å².